The number of hydrogen-bond acceptors (Lipinski definition) is 3. The summed E-state index contributed by atoms with van der Waals surface area (Å²) in [6, 6.07) is 16.1. The number of methoxy groups -OCH3 is 1. The molecule has 0 unspecified atom stereocenters. The average molecular weight is 271 g/mol. The van der Waals surface area contributed by atoms with E-state index in [1.807, 2.05) is 36.4 Å². The normalized spacial score (nSPS) is 10.3. The highest BCUT2D eigenvalue weighted by Crippen LogP contribution is 2.20. The van der Waals surface area contributed by atoms with Crippen molar-refractivity contribution in [1.29, 1.82) is 0 Å². The minimum Gasteiger partial charge on any atom is -0.496 e. The Balaban J connectivity index is 1.99. The average Bonchev–Trinajstić information content (AvgIpc) is 2.51. The summed E-state index contributed by atoms with van der Waals surface area (Å²) in [4.78, 5) is 0. The van der Waals surface area contributed by atoms with Gasteiger partial charge in [0, 0.05) is 12.1 Å². The van der Waals surface area contributed by atoms with Crippen molar-refractivity contribution in [2.45, 2.75) is 20.1 Å². The van der Waals surface area contributed by atoms with Gasteiger partial charge in [-0.25, -0.2) is 0 Å². The minimum atomic E-state index is 0.509. The monoisotopic (exact) mass is 271 g/mol. The molecule has 106 valence electrons. The van der Waals surface area contributed by atoms with Gasteiger partial charge < -0.3 is 14.8 Å². The number of benzene rings is 2. The number of nitrogens with one attached hydrogen (secondary N) is 1. The first-order valence-electron chi connectivity index (χ1n) is 6.88. The second kappa shape index (κ2) is 7.56. The van der Waals surface area contributed by atoms with Crippen molar-refractivity contribution in [3.63, 3.8) is 0 Å². The molecule has 2 aromatic carbocycles. The maximum atomic E-state index is 5.85. The molecule has 0 saturated carbocycles. The van der Waals surface area contributed by atoms with Gasteiger partial charge >= 0.3 is 0 Å². The summed E-state index contributed by atoms with van der Waals surface area (Å²) in [6.45, 7) is 4.44. The molecule has 0 radical (unpaired) electrons. The molecule has 2 rings (SSSR count). The molecule has 20 heavy (non-hydrogen) atoms. The summed E-state index contributed by atoms with van der Waals surface area (Å²) >= 11 is 0. The van der Waals surface area contributed by atoms with Crippen molar-refractivity contribution in [3.8, 4) is 11.5 Å². The van der Waals surface area contributed by atoms with E-state index in [0.717, 1.165) is 30.2 Å². The van der Waals surface area contributed by atoms with Gasteiger partial charge in [0.15, 0.2) is 0 Å². The maximum Gasteiger partial charge on any atom is 0.125 e. The van der Waals surface area contributed by atoms with Crippen molar-refractivity contribution in [2.75, 3.05) is 13.7 Å². The highest BCUT2D eigenvalue weighted by molar-refractivity contribution is 5.34. The van der Waals surface area contributed by atoms with E-state index in [9.17, 15) is 0 Å². The van der Waals surface area contributed by atoms with E-state index in [4.69, 9.17) is 9.47 Å². The van der Waals surface area contributed by atoms with Crippen molar-refractivity contribution in [2.24, 2.45) is 0 Å². The van der Waals surface area contributed by atoms with Crippen LogP contribution in [0.1, 0.15) is 18.1 Å². The summed E-state index contributed by atoms with van der Waals surface area (Å²) in [5.41, 5.74) is 2.27. The molecule has 0 aliphatic heterocycles. The lowest BCUT2D eigenvalue weighted by atomic mass is 10.2. The second-order valence-corrected chi connectivity index (χ2v) is 4.53. The van der Waals surface area contributed by atoms with Gasteiger partial charge in [-0.3, -0.25) is 0 Å². The molecule has 0 aliphatic rings. The van der Waals surface area contributed by atoms with Gasteiger partial charge in [-0.2, -0.15) is 0 Å². The SMILES string of the molecule is CCNCc1cccc(OCc2ccccc2OC)c1. The second-order valence-electron chi connectivity index (χ2n) is 4.53. The fourth-order valence-electron chi connectivity index (χ4n) is 2.00. The molecule has 0 fully saturated rings. The molecular weight excluding hydrogens is 250 g/mol. The molecule has 0 saturated heterocycles. The highest BCUT2D eigenvalue weighted by Gasteiger charge is 2.03. The van der Waals surface area contributed by atoms with E-state index in [2.05, 4.69) is 24.4 Å². The third kappa shape index (κ3) is 4.00. The van der Waals surface area contributed by atoms with Crippen LogP contribution in [-0.2, 0) is 13.2 Å². The molecule has 2 aromatic rings. The summed E-state index contributed by atoms with van der Waals surface area (Å²) < 4.78 is 11.2. The lowest BCUT2D eigenvalue weighted by Gasteiger charge is -2.11. The van der Waals surface area contributed by atoms with Crippen molar-refractivity contribution in [1.82, 2.24) is 5.32 Å². The number of rotatable bonds is 7. The lowest BCUT2D eigenvalue weighted by Crippen LogP contribution is -2.11. The van der Waals surface area contributed by atoms with E-state index in [1.54, 1.807) is 7.11 Å². The predicted octanol–water partition coefficient (Wildman–Crippen LogP) is 3.38. The molecule has 3 heteroatoms. The van der Waals surface area contributed by atoms with E-state index in [0.29, 0.717) is 6.61 Å². The van der Waals surface area contributed by atoms with Crippen LogP contribution < -0.4 is 14.8 Å². The Hall–Kier alpha value is -2.00. The Morgan fingerprint density at radius 3 is 2.70 bits per heavy atom. The largest absolute Gasteiger partial charge is 0.496 e. The molecule has 0 amide bonds. The summed E-state index contributed by atoms with van der Waals surface area (Å²) in [5.74, 6) is 1.74. The summed E-state index contributed by atoms with van der Waals surface area (Å²) in [6.07, 6.45) is 0. The van der Waals surface area contributed by atoms with Gasteiger partial charge in [-0.05, 0) is 30.3 Å². The van der Waals surface area contributed by atoms with Gasteiger partial charge in [-0.1, -0.05) is 37.3 Å². The standard InChI is InChI=1S/C17H21NO2/c1-3-18-12-14-7-6-9-16(11-14)20-13-15-8-4-5-10-17(15)19-2/h4-11,18H,3,12-13H2,1-2H3. The van der Waals surface area contributed by atoms with Gasteiger partial charge in [0.05, 0.1) is 7.11 Å². The van der Waals surface area contributed by atoms with Gasteiger partial charge in [0.25, 0.3) is 0 Å². The first-order valence-corrected chi connectivity index (χ1v) is 6.88. The van der Waals surface area contributed by atoms with Crippen LogP contribution in [0.25, 0.3) is 0 Å². The van der Waals surface area contributed by atoms with Crippen LogP contribution in [0.4, 0.5) is 0 Å². The zero-order chi connectivity index (χ0) is 14.2. The molecular formula is C17H21NO2. The van der Waals surface area contributed by atoms with Crippen LogP contribution in [0.15, 0.2) is 48.5 Å². The summed E-state index contributed by atoms with van der Waals surface area (Å²) in [5, 5.41) is 3.31. The summed E-state index contributed by atoms with van der Waals surface area (Å²) in [7, 11) is 1.68. The van der Waals surface area contributed by atoms with E-state index < -0.39 is 0 Å². The predicted molar refractivity (Wildman–Crippen MR) is 81.1 cm³/mol. The minimum absolute atomic E-state index is 0.509. The third-order valence-electron chi connectivity index (χ3n) is 3.06. The van der Waals surface area contributed by atoms with Crippen LogP contribution >= 0.6 is 0 Å². The molecule has 3 nitrogen and oxygen atoms in total. The van der Waals surface area contributed by atoms with Crippen molar-refractivity contribution in [3.05, 3.63) is 59.7 Å². The molecule has 0 heterocycles. The van der Waals surface area contributed by atoms with E-state index >= 15 is 0 Å². The Morgan fingerprint density at radius 1 is 1.05 bits per heavy atom. The Labute approximate surface area is 120 Å². The Bertz CT molecular complexity index is 540. The number of hydrogen-bond donors (Lipinski definition) is 1. The first kappa shape index (κ1) is 14.4. The highest BCUT2D eigenvalue weighted by atomic mass is 16.5. The lowest BCUT2D eigenvalue weighted by molar-refractivity contribution is 0.296. The van der Waals surface area contributed by atoms with Gasteiger partial charge in [0.1, 0.15) is 18.1 Å². The molecule has 0 spiro atoms. The fraction of sp³-hybridized carbons (Fsp3) is 0.294. The Morgan fingerprint density at radius 2 is 1.90 bits per heavy atom. The topological polar surface area (TPSA) is 30.5 Å². The zero-order valence-corrected chi connectivity index (χ0v) is 12.1. The van der Waals surface area contributed by atoms with Crippen LogP contribution in [0.3, 0.4) is 0 Å². The molecule has 0 atom stereocenters. The van der Waals surface area contributed by atoms with Crippen LogP contribution in [0.2, 0.25) is 0 Å². The zero-order valence-electron chi connectivity index (χ0n) is 12.1. The van der Waals surface area contributed by atoms with Gasteiger partial charge in [0.2, 0.25) is 0 Å². The molecule has 0 bridgehead atoms. The maximum absolute atomic E-state index is 5.85. The van der Waals surface area contributed by atoms with Crippen molar-refractivity contribution < 1.29 is 9.47 Å². The first-order chi connectivity index (χ1) is 9.83. The molecule has 0 aromatic heterocycles. The smallest absolute Gasteiger partial charge is 0.125 e. The van der Waals surface area contributed by atoms with Crippen LogP contribution in [-0.4, -0.2) is 13.7 Å². The van der Waals surface area contributed by atoms with Crippen molar-refractivity contribution >= 4 is 0 Å². The fourth-order valence-corrected chi connectivity index (χ4v) is 2.00. The third-order valence-corrected chi connectivity index (χ3v) is 3.06. The van der Waals surface area contributed by atoms with E-state index in [-0.39, 0.29) is 0 Å². The van der Waals surface area contributed by atoms with Crippen LogP contribution in [0.5, 0.6) is 11.5 Å². The van der Waals surface area contributed by atoms with E-state index in [1.165, 1.54) is 5.56 Å². The Kier molecular flexibility index (Phi) is 5.44. The number of para-hydroxylation sites is 1. The molecule has 1 N–H and O–H groups in total. The molecule has 0 aliphatic carbocycles. The number of ether oxygens (including phenoxy) is 2. The van der Waals surface area contributed by atoms with Crippen LogP contribution in [0, 0.1) is 0 Å². The van der Waals surface area contributed by atoms with Gasteiger partial charge in [-0.15, -0.1) is 0 Å². The quantitative estimate of drug-likeness (QED) is 0.837.